The molecule has 0 radical (unpaired) electrons. The van der Waals surface area contributed by atoms with E-state index < -0.39 is 35.5 Å². The Hall–Kier alpha value is -1.21. The SMILES string of the molecule is CCC(C)(OCC(C)(OCC(C)(OC)ON=C(C)C)C(=O)OCCO)C(=O)OCCP(=O)=S=S. The Balaban J connectivity index is 5.53. The smallest absolute Gasteiger partial charge is 0.340 e. The summed E-state index contributed by atoms with van der Waals surface area (Å²) in [5.41, 5.74) is -2.47. The van der Waals surface area contributed by atoms with Gasteiger partial charge in [0.15, 0.2) is 17.8 Å². The summed E-state index contributed by atoms with van der Waals surface area (Å²) in [6.07, 6.45) is 0.345. The number of ether oxygens (including phenoxy) is 5. The van der Waals surface area contributed by atoms with Crippen molar-refractivity contribution in [3.63, 3.8) is 0 Å². The molecule has 0 aromatic rings. The minimum Gasteiger partial charge on any atom is -0.463 e. The Kier molecular flexibility index (Phi) is 15.2. The lowest BCUT2D eigenvalue weighted by atomic mass is 10.0. The minimum atomic E-state index is -1.69. The second kappa shape index (κ2) is 15.7. The highest BCUT2D eigenvalue weighted by Gasteiger charge is 2.44. The summed E-state index contributed by atoms with van der Waals surface area (Å²) < 4.78 is 38.7. The topological polar surface area (TPSA) is 139 Å². The molecule has 0 bridgehead atoms. The average Bonchev–Trinajstić information content (AvgIpc) is 2.82. The summed E-state index contributed by atoms with van der Waals surface area (Å²) in [6.45, 7) is 6.66. The van der Waals surface area contributed by atoms with Crippen molar-refractivity contribution in [2.24, 2.45) is 5.16 Å². The normalized spacial score (nSPS) is 16.8. The van der Waals surface area contributed by atoms with Gasteiger partial charge < -0.3 is 33.6 Å². The van der Waals surface area contributed by atoms with Gasteiger partial charge in [-0.2, -0.15) is 0 Å². The fourth-order valence-corrected chi connectivity index (χ4v) is 3.49. The molecule has 11 nitrogen and oxygen atoms in total. The molecule has 198 valence electrons. The molecule has 0 saturated heterocycles. The molecule has 0 spiro atoms. The van der Waals surface area contributed by atoms with Crippen molar-refractivity contribution >= 4 is 44.9 Å². The Labute approximate surface area is 209 Å². The van der Waals surface area contributed by atoms with Crippen molar-refractivity contribution in [2.45, 2.75) is 65.0 Å². The molecule has 0 aliphatic rings. The van der Waals surface area contributed by atoms with E-state index in [0.29, 0.717) is 5.71 Å². The van der Waals surface area contributed by atoms with Gasteiger partial charge in [0.2, 0.25) is 0 Å². The van der Waals surface area contributed by atoms with Crippen molar-refractivity contribution in [2.75, 3.05) is 46.3 Å². The van der Waals surface area contributed by atoms with Gasteiger partial charge in [-0.15, -0.1) is 0 Å². The lowest BCUT2D eigenvalue weighted by Crippen LogP contribution is -2.52. The number of carbonyl (C=O) groups is 2. The first-order valence-electron chi connectivity index (χ1n) is 10.5. The number of carbonyl (C=O) groups excluding carboxylic acids is 2. The van der Waals surface area contributed by atoms with Crippen LogP contribution in [0.4, 0.5) is 0 Å². The van der Waals surface area contributed by atoms with Crippen LogP contribution in [0.1, 0.15) is 48.0 Å². The molecule has 0 heterocycles. The maximum absolute atomic E-state index is 12.7. The number of aliphatic hydroxyl groups excluding tert-OH is 1. The molecule has 4 unspecified atom stereocenters. The third kappa shape index (κ3) is 11.5. The van der Waals surface area contributed by atoms with Crippen LogP contribution >= 0.6 is 6.58 Å². The number of oxime groups is 1. The minimum absolute atomic E-state index is 0.0795. The van der Waals surface area contributed by atoms with Crippen LogP contribution in [0.2, 0.25) is 0 Å². The molecule has 0 aromatic carbocycles. The molecule has 0 aromatic heterocycles. The van der Waals surface area contributed by atoms with Crippen molar-refractivity contribution in [3.05, 3.63) is 0 Å². The van der Waals surface area contributed by atoms with Gasteiger partial charge >= 0.3 is 11.9 Å². The fraction of sp³-hybridized carbons (Fsp3) is 0.850. The van der Waals surface area contributed by atoms with Crippen LogP contribution in [-0.4, -0.2) is 86.1 Å². The van der Waals surface area contributed by atoms with Gasteiger partial charge in [-0.1, -0.05) is 12.1 Å². The second-order valence-electron chi connectivity index (χ2n) is 7.99. The largest absolute Gasteiger partial charge is 0.463 e. The molecule has 0 aliphatic carbocycles. The van der Waals surface area contributed by atoms with Gasteiger partial charge in [0.05, 0.1) is 25.1 Å². The number of aliphatic hydroxyl groups is 1. The predicted octanol–water partition coefficient (Wildman–Crippen LogP) is 2.09. The van der Waals surface area contributed by atoms with E-state index in [2.05, 4.69) is 16.3 Å². The van der Waals surface area contributed by atoms with Crippen LogP contribution < -0.4 is 0 Å². The predicted molar refractivity (Wildman–Crippen MR) is 130 cm³/mol. The molecular weight excluding hydrogens is 509 g/mol. The van der Waals surface area contributed by atoms with E-state index in [9.17, 15) is 14.2 Å². The van der Waals surface area contributed by atoms with Gasteiger partial charge in [-0.25, -0.2) is 9.59 Å². The average molecular weight is 546 g/mol. The zero-order valence-corrected chi connectivity index (χ0v) is 23.3. The molecule has 1 N–H and O–H groups in total. The monoisotopic (exact) mass is 545 g/mol. The first-order chi connectivity index (χ1) is 15.8. The third-order valence-corrected chi connectivity index (χ3v) is 7.88. The van der Waals surface area contributed by atoms with Crippen LogP contribution in [0.3, 0.4) is 0 Å². The van der Waals surface area contributed by atoms with Crippen molar-refractivity contribution in [1.29, 1.82) is 0 Å². The van der Waals surface area contributed by atoms with Crippen LogP contribution in [0, 0.1) is 0 Å². The van der Waals surface area contributed by atoms with Crippen LogP contribution in [0.15, 0.2) is 5.16 Å². The van der Waals surface area contributed by atoms with Gasteiger partial charge in [0.25, 0.3) is 5.79 Å². The van der Waals surface area contributed by atoms with Crippen LogP contribution in [-0.2, 0) is 63.4 Å². The molecule has 0 saturated carbocycles. The van der Waals surface area contributed by atoms with Crippen molar-refractivity contribution in [1.82, 2.24) is 0 Å². The molecule has 0 rings (SSSR count). The second-order valence-corrected chi connectivity index (χ2v) is 12.3. The molecule has 34 heavy (non-hydrogen) atoms. The van der Waals surface area contributed by atoms with Gasteiger partial charge in [-0.05, 0) is 54.8 Å². The fourth-order valence-electron chi connectivity index (χ4n) is 2.06. The van der Waals surface area contributed by atoms with Gasteiger partial charge in [0.1, 0.15) is 19.8 Å². The highest BCUT2D eigenvalue weighted by atomic mass is 32.9. The van der Waals surface area contributed by atoms with Crippen LogP contribution in [0.25, 0.3) is 0 Å². The zero-order valence-electron chi connectivity index (χ0n) is 20.8. The number of hydrogen-bond acceptors (Lipinski definition) is 12. The van der Waals surface area contributed by atoms with E-state index in [1.54, 1.807) is 27.7 Å². The van der Waals surface area contributed by atoms with E-state index >= 15 is 0 Å². The molecule has 4 atom stereocenters. The van der Waals surface area contributed by atoms with E-state index in [4.69, 9.17) is 33.6 Å². The standard InChI is InChI=1S/C20H36NO10PS2/c1-8-18(4,16(23)28-11-12-32(25)34-33)29-13-19(5,17(24)27-10-9-22)30-14-20(6,26-7)31-21-15(2)3/h22H,8-14H2,1-7H3. The summed E-state index contributed by atoms with van der Waals surface area (Å²) in [7, 11) is 2.18. The molecule has 0 fully saturated rings. The number of methoxy groups -OCH3 is 1. The lowest BCUT2D eigenvalue weighted by Gasteiger charge is -2.35. The number of hydrogen-bond donors (Lipinski definition) is 1. The Morgan fingerprint density at radius 1 is 1.03 bits per heavy atom. The first-order valence-corrected chi connectivity index (χ1v) is 14.3. The maximum Gasteiger partial charge on any atom is 0.340 e. The first kappa shape index (κ1) is 32.8. The number of nitrogens with zero attached hydrogens (tertiary/aromatic N) is 1. The summed E-state index contributed by atoms with van der Waals surface area (Å²) >= 11 is 4.65. The molecular formula is C20H36NO10PS2. The Bertz CT molecular complexity index is 811. The highest BCUT2D eigenvalue weighted by Crippen LogP contribution is 2.25. The van der Waals surface area contributed by atoms with Crippen LogP contribution in [0.5, 0.6) is 0 Å². The van der Waals surface area contributed by atoms with Gasteiger partial charge in [-0.3, -0.25) is 4.57 Å². The van der Waals surface area contributed by atoms with E-state index in [1.165, 1.54) is 21.0 Å². The molecule has 0 aliphatic heterocycles. The summed E-state index contributed by atoms with van der Waals surface area (Å²) in [5, 5.41) is 12.9. The molecule has 14 heteroatoms. The molecule has 0 amide bonds. The van der Waals surface area contributed by atoms with Crippen molar-refractivity contribution in [3.8, 4) is 0 Å². The zero-order chi connectivity index (χ0) is 26.4. The van der Waals surface area contributed by atoms with E-state index in [0.717, 1.165) is 9.50 Å². The van der Waals surface area contributed by atoms with E-state index in [-0.39, 0.29) is 45.6 Å². The number of esters is 2. The van der Waals surface area contributed by atoms with E-state index in [1.807, 2.05) is 0 Å². The van der Waals surface area contributed by atoms with Gasteiger partial charge in [0, 0.05) is 14.0 Å². The summed E-state index contributed by atoms with van der Waals surface area (Å²) in [6, 6.07) is 0. The lowest BCUT2D eigenvalue weighted by molar-refractivity contribution is -0.261. The Morgan fingerprint density at radius 3 is 2.09 bits per heavy atom. The quantitative estimate of drug-likeness (QED) is 0.0945. The third-order valence-electron chi connectivity index (χ3n) is 4.63. The maximum atomic E-state index is 12.7. The summed E-state index contributed by atoms with van der Waals surface area (Å²) in [4.78, 5) is 30.7. The summed E-state index contributed by atoms with van der Waals surface area (Å²) in [5.74, 6) is -2.83. The number of rotatable bonds is 17. The Morgan fingerprint density at radius 2 is 1.59 bits per heavy atom. The van der Waals surface area contributed by atoms with Crippen molar-refractivity contribution < 1.29 is 47.8 Å². The highest BCUT2D eigenvalue weighted by molar-refractivity contribution is 8.32.